The second kappa shape index (κ2) is 5.13. The van der Waals surface area contributed by atoms with Gasteiger partial charge in [0.05, 0.1) is 12.2 Å². The molecule has 86 valence electrons. The Morgan fingerprint density at radius 1 is 1.00 bits per heavy atom. The van der Waals surface area contributed by atoms with Crippen molar-refractivity contribution in [1.29, 1.82) is 0 Å². The van der Waals surface area contributed by atoms with E-state index in [4.69, 9.17) is 10.5 Å². The van der Waals surface area contributed by atoms with Crippen LogP contribution in [0.25, 0.3) is 0 Å². The zero-order valence-corrected chi connectivity index (χ0v) is 10.8. The zero-order chi connectivity index (χ0) is 11.5. The van der Waals surface area contributed by atoms with Crippen LogP contribution in [0.5, 0.6) is 0 Å². The zero-order valence-electron chi connectivity index (χ0n) is 10.8. The van der Waals surface area contributed by atoms with Gasteiger partial charge in [-0.25, -0.2) is 0 Å². The van der Waals surface area contributed by atoms with Gasteiger partial charge in [0.15, 0.2) is 0 Å². The highest BCUT2D eigenvalue weighted by atomic mass is 16.5. The fourth-order valence-corrected chi connectivity index (χ4v) is 1.51. The van der Waals surface area contributed by atoms with Crippen molar-refractivity contribution in [3.05, 3.63) is 0 Å². The average Bonchev–Trinajstić information content (AvgIpc) is 1.96. The molecule has 0 spiro atoms. The van der Waals surface area contributed by atoms with Crippen LogP contribution in [-0.2, 0) is 4.74 Å². The molecule has 2 N–H and O–H groups in total. The highest BCUT2D eigenvalue weighted by Gasteiger charge is 2.30. The number of nitrogens with two attached hydrogens (primary N) is 1. The molecule has 3 atom stereocenters. The van der Waals surface area contributed by atoms with Gasteiger partial charge in [0, 0.05) is 6.04 Å². The Bertz CT molecular complexity index is 158. The summed E-state index contributed by atoms with van der Waals surface area (Å²) in [5.74, 6) is 0.540. The molecule has 0 aromatic heterocycles. The second-order valence-corrected chi connectivity index (χ2v) is 5.73. The minimum Gasteiger partial charge on any atom is -0.373 e. The summed E-state index contributed by atoms with van der Waals surface area (Å²) in [6, 6.07) is 0.0798. The molecule has 0 rings (SSSR count). The van der Waals surface area contributed by atoms with Gasteiger partial charge in [0.1, 0.15) is 0 Å². The van der Waals surface area contributed by atoms with E-state index < -0.39 is 0 Å². The summed E-state index contributed by atoms with van der Waals surface area (Å²) in [5.41, 5.74) is 6.05. The van der Waals surface area contributed by atoms with Crippen molar-refractivity contribution in [3.8, 4) is 0 Å². The number of ether oxygens (including phenoxy) is 1. The molecule has 0 saturated carbocycles. The van der Waals surface area contributed by atoms with Gasteiger partial charge >= 0.3 is 0 Å². The standard InChI is InChI=1S/C12H27NO/c1-8(2)10(4)14-11(9(3)13)12(5,6)7/h8-11H,13H2,1-7H3. The molecular weight excluding hydrogens is 174 g/mol. The fraction of sp³-hybridized carbons (Fsp3) is 1.00. The highest BCUT2D eigenvalue weighted by Crippen LogP contribution is 2.26. The topological polar surface area (TPSA) is 35.2 Å². The summed E-state index contributed by atoms with van der Waals surface area (Å²) in [6.45, 7) is 15.0. The third kappa shape index (κ3) is 4.43. The highest BCUT2D eigenvalue weighted by molar-refractivity contribution is 4.82. The molecule has 0 saturated heterocycles. The summed E-state index contributed by atoms with van der Waals surface area (Å²) < 4.78 is 6.01. The Morgan fingerprint density at radius 3 is 1.64 bits per heavy atom. The summed E-state index contributed by atoms with van der Waals surface area (Å²) in [6.07, 6.45) is 0.394. The molecule has 0 aromatic rings. The maximum Gasteiger partial charge on any atom is 0.0775 e. The van der Waals surface area contributed by atoms with E-state index in [0.29, 0.717) is 5.92 Å². The first kappa shape index (κ1) is 13.9. The Balaban J connectivity index is 4.40. The Morgan fingerprint density at radius 2 is 1.43 bits per heavy atom. The Labute approximate surface area is 89.2 Å². The minimum atomic E-state index is 0.0798. The van der Waals surface area contributed by atoms with Crippen LogP contribution in [0.15, 0.2) is 0 Å². The van der Waals surface area contributed by atoms with Gasteiger partial charge in [0.25, 0.3) is 0 Å². The first-order valence-electron chi connectivity index (χ1n) is 5.57. The van der Waals surface area contributed by atoms with Crippen LogP contribution in [-0.4, -0.2) is 18.2 Å². The normalized spacial score (nSPS) is 19.5. The van der Waals surface area contributed by atoms with E-state index in [-0.39, 0.29) is 23.7 Å². The van der Waals surface area contributed by atoms with Crippen LogP contribution in [0.2, 0.25) is 0 Å². The van der Waals surface area contributed by atoms with Crippen LogP contribution in [0.3, 0.4) is 0 Å². The predicted molar refractivity (Wildman–Crippen MR) is 62.3 cm³/mol. The van der Waals surface area contributed by atoms with Crippen molar-refractivity contribution in [2.45, 2.75) is 66.7 Å². The Kier molecular flexibility index (Phi) is 5.10. The van der Waals surface area contributed by atoms with Gasteiger partial charge in [-0.3, -0.25) is 0 Å². The predicted octanol–water partition coefficient (Wildman–Crippen LogP) is 2.81. The number of hydrogen-bond acceptors (Lipinski definition) is 2. The lowest BCUT2D eigenvalue weighted by molar-refractivity contribution is -0.0845. The molecule has 2 nitrogen and oxygen atoms in total. The maximum atomic E-state index is 6.01. The molecular formula is C12H27NO. The molecule has 0 fully saturated rings. The third-order valence-corrected chi connectivity index (χ3v) is 2.63. The largest absolute Gasteiger partial charge is 0.373 e. The van der Waals surface area contributed by atoms with Crippen LogP contribution in [0.1, 0.15) is 48.5 Å². The van der Waals surface area contributed by atoms with Gasteiger partial charge < -0.3 is 10.5 Å². The van der Waals surface area contributed by atoms with E-state index in [2.05, 4.69) is 41.5 Å². The van der Waals surface area contributed by atoms with E-state index in [9.17, 15) is 0 Å². The van der Waals surface area contributed by atoms with Gasteiger partial charge in [0.2, 0.25) is 0 Å². The summed E-state index contributed by atoms with van der Waals surface area (Å²) in [5, 5.41) is 0. The fourth-order valence-electron chi connectivity index (χ4n) is 1.51. The molecule has 14 heavy (non-hydrogen) atoms. The molecule has 0 amide bonds. The summed E-state index contributed by atoms with van der Waals surface area (Å²) in [7, 11) is 0. The van der Waals surface area contributed by atoms with E-state index in [1.54, 1.807) is 0 Å². The van der Waals surface area contributed by atoms with Gasteiger partial charge in [-0.2, -0.15) is 0 Å². The van der Waals surface area contributed by atoms with Crippen molar-refractivity contribution >= 4 is 0 Å². The SMILES string of the molecule is CC(C)C(C)OC(C(C)N)C(C)(C)C. The van der Waals surface area contributed by atoms with Crippen LogP contribution in [0, 0.1) is 11.3 Å². The lowest BCUT2D eigenvalue weighted by Crippen LogP contribution is -2.45. The van der Waals surface area contributed by atoms with E-state index >= 15 is 0 Å². The van der Waals surface area contributed by atoms with Crippen molar-refractivity contribution < 1.29 is 4.74 Å². The van der Waals surface area contributed by atoms with Gasteiger partial charge in [-0.05, 0) is 25.2 Å². The van der Waals surface area contributed by atoms with Crippen molar-refractivity contribution in [3.63, 3.8) is 0 Å². The van der Waals surface area contributed by atoms with Crippen molar-refractivity contribution in [2.75, 3.05) is 0 Å². The summed E-state index contributed by atoms with van der Waals surface area (Å²) >= 11 is 0. The molecule has 0 aromatic carbocycles. The van der Waals surface area contributed by atoms with E-state index in [1.807, 2.05) is 6.92 Å². The first-order chi connectivity index (χ1) is 6.16. The van der Waals surface area contributed by atoms with Crippen LogP contribution in [0.4, 0.5) is 0 Å². The monoisotopic (exact) mass is 201 g/mol. The third-order valence-electron chi connectivity index (χ3n) is 2.63. The minimum absolute atomic E-state index is 0.0798. The molecule has 0 aliphatic rings. The average molecular weight is 201 g/mol. The lowest BCUT2D eigenvalue weighted by Gasteiger charge is -2.36. The summed E-state index contributed by atoms with van der Waals surface area (Å²) in [4.78, 5) is 0. The van der Waals surface area contributed by atoms with E-state index in [0.717, 1.165) is 0 Å². The Hall–Kier alpha value is -0.0800. The molecule has 2 heteroatoms. The molecule has 0 radical (unpaired) electrons. The molecule has 0 bridgehead atoms. The van der Waals surface area contributed by atoms with Gasteiger partial charge in [-0.15, -0.1) is 0 Å². The van der Waals surface area contributed by atoms with Crippen LogP contribution >= 0.6 is 0 Å². The lowest BCUT2D eigenvalue weighted by atomic mass is 9.85. The maximum absolute atomic E-state index is 6.01. The molecule has 0 aliphatic heterocycles. The quantitative estimate of drug-likeness (QED) is 0.759. The first-order valence-corrected chi connectivity index (χ1v) is 5.57. The van der Waals surface area contributed by atoms with Crippen molar-refractivity contribution in [1.82, 2.24) is 0 Å². The van der Waals surface area contributed by atoms with Crippen molar-refractivity contribution in [2.24, 2.45) is 17.1 Å². The number of rotatable bonds is 4. The van der Waals surface area contributed by atoms with E-state index in [1.165, 1.54) is 0 Å². The number of hydrogen-bond donors (Lipinski definition) is 1. The van der Waals surface area contributed by atoms with Crippen LogP contribution < -0.4 is 5.73 Å². The molecule has 0 aliphatic carbocycles. The van der Waals surface area contributed by atoms with Gasteiger partial charge in [-0.1, -0.05) is 34.6 Å². The molecule has 0 heterocycles. The second-order valence-electron chi connectivity index (χ2n) is 5.73. The molecule has 3 unspecified atom stereocenters. The smallest absolute Gasteiger partial charge is 0.0775 e.